The van der Waals surface area contributed by atoms with Gasteiger partial charge in [0.25, 0.3) is 5.56 Å². The highest BCUT2D eigenvalue weighted by Gasteiger charge is 2.39. The number of nitrogens with one attached hydrogen (secondary N) is 2. The van der Waals surface area contributed by atoms with Crippen molar-refractivity contribution < 1.29 is 18.1 Å². The number of benzene rings is 1. The van der Waals surface area contributed by atoms with E-state index in [1.165, 1.54) is 31.8 Å². The number of pyridine rings is 1. The number of hydrogen-bond donors (Lipinski definition) is 2. The fourth-order valence-corrected chi connectivity index (χ4v) is 9.17. The van der Waals surface area contributed by atoms with E-state index in [-0.39, 0.29) is 49.7 Å². The lowest BCUT2D eigenvalue weighted by atomic mass is 9.86. The third-order valence-electron chi connectivity index (χ3n) is 8.88. The molecule has 6 rings (SSSR count). The third kappa shape index (κ3) is 7.38. The first kappa shape index (κ1) is 34.7. The average Bonchev–Trinajstić information content (AvgIpc) is 3.63. The van der Waals surface area contributed by atoms with Crippen molar-refractivity contribution in [2.75, 3.05) is 25.1 Å². The lowest BCUT2D eigenvalue weighted by Crippen LogP contribution is -2.31. The van der Waals surface area contributed by atoms with Crippen LogP contribution in [0.15, 0.2) is 53.8 Å². The lowest BCUT2D eigenvalue weighted by Gasteiger charge is -2.29. The zero-order valence-electron chi connectivity index (χ0n) is 27.7. The Morgan fingerprint density at radius 2 is 1.92 bits per heavy atom. The van der Waals surface area contributed by atoms with Crippen LogP contribution >= 0.6 is 19.2 Å². The summed E-state index contributed by atoms with van der Waals surface area (Å²) in [5.41, 5.74) is 6.08. The molecule has 0 radical (unpaired) electrons. The van der Waals surface area contributed by atoms with Crippen molar-refractivity contribution in [2.24, 2.45) is 7.05 Å². The highest BCUT2D eigenvalue weighted by molar-refractivity contribution is 7.48. The van der Waals surface area contributed by atoms with Gasteiger partial charge in [0.05, 0.1) is 50.8 Å². The van der Waals surface area contributed by atoms with Gasteiger partial charge < -0.3 is 15.2 Å². The van der Waals surface area contributed by atoms with E-state index in [0.717, 1.165) is 48.1 Å². The Labute approximate surface area is 289 Å². The van der Waals surface area contributed by atoms with Crippen LogP contribution in [0.3, 0.4) is 0 Å². The summed E-state index contributed by atoms with van der Waals surface area (Å²) >= 11 is 1.92. The fraction of sp³-hybridized carbons (Fsp3) is 0.400. The summed E-state index contributed by atoms with van der Waals surface area (Å²) < 4.78 is 32.4. The van der Waals surface area contributed by atoms with E-state index in [0.29, 0.717) is 11.5 Å². The first-order valence-corrected chi connectivity index (χ1v) is 18.4. The minimum absolute atomic E-state index is 0.00859. The van der Waals surface area contributed by atoms with Crippen LogP contribution in [-0.4, -0.2) is 34.3 Å². The molecule has 12 nitrogen and oxygen atoms in total. The SMILES string of the molecule is Cn1cc(-c2cccc(C3NCCc4sc5c(c43)CCC5(C)C)c2COP(=O)(OCCC#N)OCCC#N)cc(Nc2ccncn2)c1=O. The van der Waals surface area contributed by atoms with Gasteiger partial charge in [0.2, 0.25) is 0 Å². The van der Waals surface area contributed by atoms with E-state index >= 15 is 0 Å². The first-order valence-electron chi connectivity index (χ1n) is 16.2. The van der Waals surface area contributed by atoms with E-state index < -0.39 is 7.82 Å². The van der Waals surface area contributed by atoms with Gasteiger partial charge in [-0.3, -0.25) is 18.4 Å². The molecule has 254 valence electrons. The molecule has 3 aromatic heterocycles. The maximum absolute atomic E-state index is 13.8. The second kappa shape index (κ2) is 14.7. The Balaban J connectivity index is 1.47. The second-order valence-corrected chi connectivity index (χ2v) is 15.4. The van der Waals surface area contributed by atoms with Gasteiger partial charge in [-0.2, -0.15) is 10.5 Å². The second-order valence-electron chi connectivity index (χ2n) is 12.6. The molecule has 0 bridgehead atoms. The van der Waals surface area contributed by atoms with Crippen LogP contribution in [0.2, 0.25) is 0 Å². The van der Waals surface area contributed by atoms with Crippen LogP contribution < -0.4 is 16.2 Å². The van der Waals surface area contributed by atoms with Crippen molar-refractivity contribution in [1.82, 2.24) is 19.9 Å². The molecule has 1 aliphatic heterocycles. The van der Waals surface area contributed by atoms with Gasteiger partial charge in [0.15, 0.2) is 0 Å². The summed E-state index contributed by atoms with van der Waals surface area (Å²) in [5, 5.41) is 25.0. The number of fused-ring (bicyclic) bond motifs is 3. The van der Waals surface area contributed by atoms with Crippen molar-refractivity contribution in [2.45, 2.75) is 64.0 Å². The number of phosphoric ester groups is 1. The summed E-state index contributed by atoms with van der Waals surface area (Å²) in [7, 11) is -2.49. The maximum Gasteiger partial charge on any atom is 0.475 e. The lowest BCUT2D eigenvalue weighted by molar-refractivity contribution is 0.111. The molecule has 0 amide bonds. The Kier molecular flexibility index (Phi) is 10.4. The van der Waals surface area contributed by atoms with E-state index in [1.807, 2.05) is 35.6 Å². The number of phosphoric acid groups is 1. The molecule has 0 spiro atoms. The van der Waals surface area contributed by atoms with Gasteiger partial charge >= 0.3 is 7.82 Å². The number of hydrogen-bond acceptors (Lipinski definition) is 12. The topological polar surface area (TPSA) is 164 Å². The quantitative estimate of drug-likeness (QED) is 0.114. The van der Waals surface area contributed by atoms with Gasteiger partial charge in [-0.1, -0.05) is 32.0 Å². The van der Waals surface area contributed by atoms with Crippen LogP contribution in [0.25, 0.3) is 11.1 Å². The molecule has 4 heterocycles. The van der Waals surface area contributed by atoms with E-state index in [2.05, 4.69) is 40.5 Å². The Morgan fingerprint density at radius 3 is 2.63 bits per heavy atom. The summed E-state index contributed by atoms with van der Waals surface area (Å²) in [6.07, 6.45) is 7.77. The minimum atomic E-state index is -4.18. The molecule has 1 unspecified atom stereocenters. The summed E-state index contributed by atoms with van der Waals surface area (Å²) in [5.74, 6) is 0.472. The largest absolute Gasteiger partial charge is 0.475 e. The predicted octanol–water partition coefficient (Wildman–Crippen LogP) is 6.59. The van der Waals surface area contributed by atoms with Crippen molar-refractivity contribution >= 4 is 30.7 Å². The standard InChI is InChI=1S/C35H38N7O5PS/c1-35(2)12-9-26-31-29(49-33(26)35)10-16-39-32(31)25-8-4-7-24(27(25)21-47-48(44,45-17-5-13-36)46-18-6-14-37)23-19-28(34(43)42(3)20-23)41-30-11-15-38-22-40-30/h4,7-8,11,15,19-20,22,32,39H,5-6,9-10,12,16-18,21H2,1-3H3,(H,38,40,41). The Morgan fingerprint density at radius 1 is 1.14 bits per heavy atom. The van der Waals surface area contributed by atoms with Crippen molar-refractivity contribution in [3.63, 3.8) is 0 Å². The van der Waals surface area contributed by atoms with Gasteiger partial charge in [-0.25, -0.2) is 14.5 Å². The highest BCUT2D eigenvalue weighted by Crippen LogP contribution is 2.53. The third-order valence-corrected chi connectivity index (χ3v) is 12.0. The highest BCUT2D eigenvalue weighted by atomic mass is 32.1. The summed E-state index contributed by atoms with van der Waals surface area (Å²) in [6, 6.07) is 13.2. The van der Waals surface area contributed by atoms with E-state index in [4.69, 9.17) is 24.1 Å². The van der Waals surface area contributed by atoms with Crippen LogP contribution in [0.4, 0.5) is 11.5 Å². The average molecular weight is 700 g/mol. The maximum atomic E-state index is 13.8. The molecular weight excluding hydrogens is 661 g/mol. The number of anilines is 2. The molecule has 4 aromatic rings. The Hall–Kier alpha value is -4.20. The van der Waals surface area contributed by atoms with Crippen molar-refractivity contribution in [3.05, 3.63) is 91.4 Å². The number of aromatic nitrogens is 3. The van der Waals surface area contributed by atoms with Crippen LogP contribution in [0, 0.1) is 22.7 Å². The smallest absolute Gasteiger partial charge is 0.336 e. The summed E-state index contributed by atoms with van der Waals surface area (Å²) in [4.78, 5) is 24.2. The number of nitrogens with zero attached hydrogens (tertiary/aromatic N) is 5. The molecule has 1 atom stereocenters. The van der Waals surface area contributed by atoms with Gasteiger partial charge in [-0.05, 0) is 64.6 Å². The number of nitriles is 2. The van der Waals surface area contributed by atoms with Gasteiger partial charge in [0.1, 0.15) is 17.8 Å². The zero-order valence-corrected chi connectivity index (χ0v) is 29.4. The van der Waals surface area contributed by atoms with E-state index in [9.17, 15) is 9.36 Å². The normalized spacial score (nSPS) is 16.4. The van der Waals surface area contributed by atoms with E-state index in [1.54, 1.807) is 31.6 Å². The molecule has 0 saturated heterocycles. The Bertz CT molecular complexity index is 2010. The number of rotatable bonds is 13. The minimum Gasteiger partial charge on any atom is -0.336 e. The predicted molar refractivity (Wildman–Crippen MR) is 186 cm³/mol. The molecule has 49 heavy (non-hydrogen) atoms. The first-order chi connectivity index (χ1) is 23.6. The zero-order chi connectivity index (χ0) is 34.6. The molecule has 0 fully saturated rings. The monoisotopic (exact) mass is 699 g/mol. The molecule has 1 aliphatic carbocycles. The van der Waals surface area contributed by atoms with Crippen LogP contribution in [-0.2, 0) is 50.0 Å². The number of thiophene rings is 1. The summed E-state index contributed by atoms with van der Waals surface area (Å²) in [6.45, 7) is 4.95. The molecule has 14 heteroatoms. The molecular formula is C35H38N7O5PS. The van der Waals surface area contributed by atoms with Crippen LogP contribution in [0.1, 0.15) is 71.2 Å². The molecule has 2 N–H and O–H groups in total. The fourth-order valence-electron chi connectivity index (χ4n) is 6.51. The van der Waals surface area contributed by atoms with Gasteiger partial charge in [0, 0.05) is 41.3 Å². The van der Waals surface area contributed by atoms with Gasteiger partial charge in [-0.15, -0.1) is 11.3 Å². The molecule has 0 saturated carbocycles. The van der Waals surface area contributed by atoms with Crippen LogP contribution in [0.5, 0.6) is 0 Å². The van der Waals surface area contributed by atoms with Crippen molar-refractivity contribution in [1.29, 1.82) is 10.5 Å². The van der Waals surface area contributed by atoms with Crippen molar-refractivity contribution in [3.8, 4) is 23.3 Å². The molecule has 2 aliphatic rings. The molecule has 1 aromatic carbocycles. The number of aryl methyl sites for hydroxylation is 1.